The average Bonchev–Trinajstić information content (AvgIpc) is 2.14. The van der Waals surface area contributed by atoms with Crippen LogP contribution in [-0.2, 0) is 4.74 Å². The van der Waals surface area contributed by atoms with Crippen molar-refractivity contribution in [1.82, 2.24) is 5.32 Å². The summed E-state index contributed by atoms with van der Waals surface area (Å²) in [7, 11) is 1.76. The molecule has 0 bridgehead atoms. The van der Waals surface area contributed by atoms with Gasteiger partial charge in [-0.05, 0) is 13.0 Å². The summed E-state index contributed by atoms with van der Waals surface area (Å²) in [5, 5.41) is 3.20. The van der Waals surface area contributed by atoms with E-state index in [1.54, 1.807) is 7.11 Å². The molecule has 0 aromatic rings. The fourth-order valence-electron chi connectivity index (χ4n) is 0.829. The highest BCUT2D eigenvalue weighted by Crippen LogP contribution is 1.99. The van der Waals surface area contributed by atoms with Crippen molar-refractivity contribution in [1.29, 1.82) is 0 Å². The second-order valence-corrected chi connectivity index (χ2v) is 1.85. The third-order valence-corrected chi connectivity index (χ3v) is 1.35. The first-order chi connectivity index (χ1) is 3.43. The highest BCUT2D eigenvalue weighted by Gasteiger charge is 2.11. The van der Waals surface area contributed by atoms with Crippen molar-refractivity contribution < 1.29 is 4.74 Å². The first kappa shape index (κ1) is 7.92. The van der Waals surface area contributed by atoms with Gasteiger partial charge < -0.3 is 10.1 Å². The molecule has 0 saturated carbocycles. The molecule has 1 aliphatic rings. The summed E-state index contributed by atoms with van der Waals surface area (Å²) < 4.78 is 5.05. The standard InChI is InChI=1S/C5H11NO.CH4/c1-7-5-2-3-6-4-5;/h5-6H,2-4H2,1H3;1H4. The maximum atomic E-state index is 5.05. The summed E-state index contributed by atoms with van der Waals surface area (Å²) in [6, 6.07) is 0. The molecule has 0 aliphatic carbocycles. The highest BCUT2D eigenvalue weighted by atomic mass is 16.5. The monoisotopic (exact) mass is 117 g/mol. The number of methoxy groups -OCH3 is 1. The minimum atomic E-state index is 0. The molecule has 1 unspecified atom stereocenters. The Bertz CT molecular complexity index is 50.5. The summed E-state index contributed by atoms with van der Waals surface area (Å²) in [4.78, 5) is 0. The van der Waals surface area contributed by atoms with Crippen LogP contribution in [0.5, 0.6) is 0 Å². The Labute approximate surface area is 51.2 Å². The Morgan fingerprint density at radius 1 is 1.62 bits per heavy atom. The van der Waals surface area contributed by atoms with E-state index in [2.05, 4.69) is 5.32 Å². The summed E-state index contributed by atoms with van der Waals surface area (Å²) in [6.45, 7) is 2.16. The number of hydrogen-bond donors (Lipinski definition) is 1. The van der Waals surface area contributed by atoms with Crippen LogP contribution in [0.4, 0.5) is 0 Å². The van der Waals surface area contributed by atoms with E-state index < -0.39 is 0 Å². The molecule has 0 aromatic heterocycles. The summed E-state index contributed by atoms with van der Waals surface area (Å²) in [5.74, 6) is 0. The molecule has 1 N–H and O–H groups in total. The summed E-state index contributed by atoms with van der Waals surface area (Å²) in [6.07, 6.45) is 1.66. The van der Waals surface area contributed by atoms with Crippen LogP contribution in [0.1, 0.15) is 13.8 Å². The van der Waals surface area contributed by atoms with Crippen LogP contribution in [0.25, 0.3) is 0 Å². The van der Waals surface area contributed by atoms with Gasteiger partial charge in [-0.2, -0.15) is 0 Å². The molecule has 0 aromatic carbocycles. The van der Waals surface area contributed by atoms with Gasteiger partial charge in [0.15, 0.2) is 0 Å². The maximum Gasteiger partial charge on any atom is 0.0707 e. The van der Waals surface area contributed by atoms with Crippen molar-refractivity contribution in [2.75, 3.05) is 20.2 Å². The zero-order valence-electron chi connectivity index (χ0n) is 4.61. The van der Waals surface area contributed by atoms with Crippen LogP contribution in [-0.4, -0.2) is 26.3 Å². The van der Waals surface area contributed by atoms with Gasteiger partial charge in [0.1, 0.15) is 0 Å². The average molecular weight is 117 g/mol. The predicted octanol–water partition coefficient (Wildman–Crippen LogP) is 0.631. The Hall–Kier alpha value is -0.0800. The zero-order chi connectivity index (χ0) is 5.11. The first-order valence-corrected chi connectivity index (χ1v) is 2.67. The lowest BCUT2D eigenvalue weighted by Crippen LogP contribution is -2.14. The molecule has 1 saturated heterocycles. The zero-order valence-corrected chi connectivity index (χ0v) is 4.61. The lowest BCUT2D eigenvalue weighted by atomic mass is 10.3. The fourth-order valence-corrected chi connectivity index (χ4v) is 0.829. The quantitative estimate of drug-likeness (QED) is 0.544. The van der Waals surface area contributed by atoms with Crippen molar-refractivity contribution in [3.63, 3.8) is 0 Å². The van der Waals surface area contributed by atoms with Gasteiger partial charge >= 0.3 is 0 Å². The summed E-state index contributed by atoms with van der Waals surface area (Å²) in [5.41, 5.74) is 0. The van der Waals surface area contributed by atoms with Gasteiger partial charge in [-0.25, -0.2) is 0 Å². The van der Waals surface area contributed by atoms with E-state index in [1.165, 1.54) is 6.42 Å². The van der Waals surface area contributed by atoms with E-state index in [-0.39, 0.29) is 7.43 Å². The smallest absolute Gasteiger partial charge is 0.0707 e. The largest absolute Gasteiger partial charge is 0.380 e. The van der Waals surface area contributed by atoms with Gasteiger partial charge in [0.25, 0.3) is 0 Å². The Morgan fingerprint density at radius 2 is 2.38 bits per heavy atom. The molecule has 0 radical (unpaired) electrons. The number of hydrogen-bond acceptors (Lipinski definition) is 2. The molecule has 1 atom stereocenters. The fraction of sp³-hybridized carbons (Fsp3) is 1.00. The molecule has 50 valence electrons. The molecular formula is C6H15NO. The predicted molar refractivity (Wildman–Crippen MR) is 35.0 cm³/mol. The molecular weight excluding hydrogens is 102 g/mol. The van der Waals surface area contributed by atoms with Crippen molar-refractivity contribution in [2.45, 2.75) is 20.0 Å². The SMILES string of the molecule is C.COC1CCNC1. The second kappa shape index (κ2) is 3.87. The van der Waals surface area contributed by atoms with Crippen LogP contribution in [0.3, 0.4) is 0 Å². The van der Waals surface area contributed by atoms with E-state index >= 15 is 0 Å². The minimum absolute atomic E-state index is 0. The van der Waals surface area contributed by atoms with Crippen LogP contribution in [0.15, 0.2) is 0 Å². The van der Waals surface area contributed by atoms with E-state index in [9.17, 15) is 0 Å². The molecule has 1 aliphatic heterocycles. The number of rotatable bonds is 1. The van der Waals surface area contributed by atoms with Gasteiger partial charge in [-0.3, -0.25) is 0 Å². The highest BCUT2D eigenvalue weighted by molar-refractivity contribution is 4.69. The third kappa shape index (κ3) is 1.80. The van der Waals surface area contributed by atoms with Crippen molar-refractivity contribution in [3.05, 3.63) is 0 Å². The third-order valence-electron chi connectivity index (χ3n) is 1.35. The Balaban J connectivity index is 0.000000490. The second-order valence-electron chi connectivity index (χ2n) is 1.85. The Morgan fingerprint density at radius 3 is 2.62 bits per heavy atom. The molecule has 2 nitrogen and oxygen atoms in total. The normalized spacial score (nSPS) is 27.4. The van der Waals surface area contributed by atoms with Crippen LogP contribution < -0.4 is 5.32 Å². The lowest BCUT2D eigenvalue weighted by molar-refractivity contribution is 0.119. The molecule has 0 spiro atoms. The molecule has 1 fully saturated rings. The summed E-state index contributed by atoms with van der Waals surface area (Å²) >= 11 is 0. The molecule has 1 rings (SSSR count). The molecule has 2 heteroatoms. The van der Waals surface area contributed by atoms with Crippen molar-refractivity contribution in [2.24, 2.45) is 0 Å². The van der Waals surface area contributed by atoms with Crippen LogP contribution in [0, 0.1) is 0 Å². The molecule has 0 amide bonds. The van der Waals surface area contributed by atoms with E-state index in [4.69, 9.17) is 4.74 Å². The van der Waals surface area contributed by atoms with Gasteiger partial charge in [-0.15, -0.1) is 0 Å². The van der Waals surface area contributed by atoms with Gasteiger partial charge in [0, 0.05) is 13.7 Å². The van der Waals surface area contributed by atoms with Crippen molar-refractivity contribution in [3.8, 4) is 0 Å². The molecule has 8 heavy (non-hydrogen) atoms. The molecule has 1 heterocycles. The lowest BCUT2D eigenvalue weighted by Gasteiger charge is -2.01. The number of nitrogens with one attached hydrogen (secondary N) is 1. The van der Waals surface area contributed by atoms with Crippen LogP contribution >= 0.6 is 0 Å². The van der Waals surface area contributed by atoms with E-state index in [0.717, 1.165) is 13.1 Å². The maximum absolute atomic E-state index is 5.05. The topological polar surface area (TPSA) is 21.3 Å². The number of ether oxygens (including phenoxy) is 1. The van der Waals surface area contributed by atoms with Gasteiger partial charge in [-0.1, -0.05) is 7.43 Å². The van der Waals surface area contributed by atoms with Crippen LogP contribution in [0.2, 0.25) is 0 Å². The first-order valence-electron chi connectivity index (χ1n) is 2.67. The van der Waals surface area contributed by atoms with Gasteiger partial charge in [0.2, 0.25) is 0 Å². The van der Waals surface area contributed by atoms with E-state index in [1.807, 2.05) is 0 Å². The Kier molecular flexibility index (Phi) is 3.83. The van der Waals surface area contributed by atoms with Gasteiger partial charge in [0.05, 0.1) is 6.10 Å². The van der Waals surface area contributed by atoms with Crippen molar-refractivity contribution >= 4 is 0 Å². The van der Waals surface area contributed by atoms with E-state index in [0.29, 0.717) is 6.10 Å². The minimum Gasteiger partial charge on any atom is -0.380 e.